The number of unbranched alkanes of at least 4 members (excludes halogenated alkanes) is 1. The zero-order chi connectivity index (χ0) is 17.6. The van der Waals surface area contributed by atoms with Crippen molar-refractivity contribution >= 4 is 11.6 Å². The predicted molar refractivity (Wildman–Crippen MR) is 86.2 cm³/mol. The Kier molecular flexibility index (Phi) is 5.84. The second-order valence-electron chi connectivity index (χ2n) is 5.20. The first-order valence-electron chi connectivity index (χ1n) is 7.63. The number of hydrogen-bond acceptors (Lipinski definition) is 2. The Hall–Kier alpha value is -2.50. The van der Waals surface area contributed by atoms with E-state index >= 15 is 0 Å². The molecule has 0 bridgehead atoms. The van der Waals surface area contributed by atoms with Crippen molar-refractivity contribution in [2.75, 3.05) is 11.9 Å². The number of alkyl halides is 3. The average molecular weight is 337 g/mol. The maximum absolute atomic E-state index is 13.0. The molecule has 24 heavy (non-hydrogen) atoms. The number of ether oxygens (including phenoxy) is 1. The number of amides is 1. The van der Waals surface area contributed by atoms with Crippen molar-refractivity contribution in [3.63, 3.8) is 0 Å². The van der Waals surface area contributed by atoms with Gasteiger partial charge in [0.25, 0.3) is 5.91 Å². The van der Waals surface area contributed by atoms with Gasteiger partial charge in [0.1, 0.15) is 5.75 Å². The molecule has 0 saturated heterocycles. The van der Waals surface area contributed by atoms with Crippen LogP contribution >= 0.6 is 0 Å². The maximum atomic E-state index is 13.0. The lowest BCUT2D eigenvalue weighted by molar-refractivity contribution is -0.136. The van der Waals surface area contributed by atoms with Crippen molar-refractivity contribution in [3.8, 4) is 5.75 Å². The van der Waals surface area contributed by atoms with Gasteiger partial charge in [-0.05, 0) is 30.7 Å². The van der Waals surface area contributed by atoms with Gasteiger partial charge in [0, 0.05) is 0 Å². The van der Waals surface area contributed by atoms with Gasteiger partial charge in [0.2, 0.25) is 0 Å². The van der Waals surface area contributed by atoms with E-state index in [9.17, 15) is 18.0 Å². The lowest BCUT2D eigenvalue weighted by Crippen LogP contribution is -2.17. The molecule has 0 heterocycles. The van der Waals surface area contributed by atoms with Crippen LogP contribution < -0.4 is 10.1 Å². The first-order valence-corrected chi connectivity index (χ1v) is 7.63. The molecule has 0 aliphatic carbocycles. The van der Waals surface area contributed by atoms with Gasteiger partial charge in [-0.3, -0.25) is 4.79 Å². The molecule has 0 aromatic heterocycles. The van der Waals surface area contributed by atoms with Crippen molar-refractivity contribution in [1.82, 2.24) is 0 Å². The normalized spacial score (nSPS) is 11.2. The first kappa shape index (κ1) is 17.8. The highest BCUT2D eigenvalue weighted by atomic mass is 19.4. The Morgan fingerprint density at radius 1 is 1.08 bits per heavy atom. The molecular weight excluding hydrogens is 319 g/mol. The molecule has 1 amide bonds. The molecule has 0 unspecified atom stereocenters. The first-order chi connectivity index (χ1) is 11.4. The molecule has 1 N–H and O–H groups in total. The molecule has 2 aromatic carbocycles. The lowest BCUT2D eigenvalue weighted by Gasteiger charge is -2.15. The summed E-state index contributed by atoms with van der Waals surface area (Å²) in [5, 5.41) is 2.33. The standard InChI is InChI=1S/C18H18F3NO2/c1-2-3-12-24-16-11-7-4-8-13(16)17(23)22-15-10-6-5-9-14(15)18(19,20)21/h4-11H,2-3,12H2,1H3,(H,22,23). The largest absolute Gasteiger partial charge is 0.493 e. The van der Waals surface area contributed by atoms with Gasteiger partial charge in [0.05, 0.1) is 23.4 Å². The fraction of sp³-hybridized carbons (Fsp3) is 0.278. The summed E-state index contributed by atoms with van der Waals surface area (Å²) in [4.78, 5) is 12.4. The summed E-state index contributed by atoms with van der Waals surface area (Å²) in [6.45, 7) is 2.45. The Morgan fingerprint density at radius 3 is 2.46 bits per heavy atom. The highest BCUT2D eigenvalue weighted by molar-refractivity contribution is 6.06. The fourth-order valence-corrected chi connectivity index (χ4v) is 2.14. The number of anilines is 1. The molecule has 0 atom stereocenters. The minimum Gasteiger partial charge on any atom is -0.493 e. The summed E-state index contributed by atoms with van der Waals surface area (Å²) in [5.41, 5.74) is -0.966. The van der Waals surface area contributed by atoms with Gasteiger partial charge in [-0.2, -0.15) is 13.2 Å². The molecule has 0 fully saturated rings. The molecular formula is C18H18F3NO2. The molecule has 3 nitrogen and oxygen atoms in total. The Labute approximate surface area is 138 Å². The molecule has 2 aromatic rings. The number of carbonyl (C=O) groups is 1. The van der Waals surface area contributed by atoms with Gasteiger partial charge in [-0.15, -0.1) is 0 Å². The van der Waals surface area contributed by atoms with Gasteiger partial charge in [0.15, 0.2) is 0 Å². The van der Waals surface area contributed by atoms with Crippen molar-refractivity contribution in [2.45, 2.75) is 25.9 Å². The van der Waals surface area contributed by atoms with Gasteiger partial charge < -0.3 is 10.1 Å². The third-order valence-electron chi connectivity index (χ3n) is 3.37. The quantitative estimate of drug-likeness (QED) is 0.742. The summed E-state index contributed by atoms with van der Waals surface area (Å²) in [7, 11) is 0. The molecule has 128 valence electrons. The zero-order valence-corrected chi connectivity index (χ0v) is 13.2. The topological polar surface area (TPSA) is 38.3 Å². The molecule has 0 saturated carbocycles. The number of benzene rings is 2. The van der Waals surface area contributed by atoms with E-state index in [0.29, 0.717) is 12.4 Å². The van der Waals surface area contributed by atoms with Crippen LogP contribution in [0.3, 0.4) is 0 Å². The zero-order valence-electron chi connectivity index (χ0n) is 13.2. The highest BCUT2D eigenvalue weighted by Gasteiger charge is 2.33. The fourth-order valence-electron chi connectivity index (χ4n) is 2.14. The highest BCUT2D eigenvalue weighted by Crippen LogP contribution is 2.35. The van der Waals surface area contributed by atoms with Crippen molar-refractivity contribution < 1.29 is 22.7 Å². The van der Waals surface area contributed by atoms with E-state index < -0.39 is 17.6 Å². The number of halogens is 3. The average Bonchev–Trinajstić information content (AvgIpc) is 2.55. The summed E-state index contributed by atoms with van der Waals surface area (Å²) >= 11 is 0. The van der Waals surface area contributed by atoms with Crippen molar-refractivity contribution in [1.29, 1.82) is 0 Å². The van der Waals surface area contributed by atoms with Gasteiger partial charge >= 0.3 is 6.18 Å². The molecule has 6 heteroatoms. The van der Waals surface area contributed by atoms with Crippen LogP contribution in [-0.2, 0) is 6.18 Å². The third-order valence-corrected chi connectivity index (χ3v) is 3.37. The van der Waals surface area contributed by atoms with E-state index in [2.05, 4.69) is 5.32 Å². The number of carbonyl (C=O) groups excluding carboxylic acids is 1. The van der Waals surface area contributed by atoms with E-state index in [1.807, 2.05) is 6.92 Å². The molecule has 0 spiro atoms. The Morgan fingerprint density at radius 2 is 1.75 bits per heavy atom. The third kappa shape index (κ3) is 4.50. The van der Waals surface area contributed by atoms with Gasteiger partial charge in [-0.25, -0.2) is 0 Å². The van der Waals surface area contributed by atoms with Crippen molar-refractivity contribution in [3.05, 3.63) is 59.7 Å². The SMILES string of the molecule is CCCCOc1ccccc1C(=O)Nc1ccccc1C(F)(F)F. The van der Waals surface area contributed by atoms with Crippen LogP contribution in [0.15, 0.2) is 48.5 Å². The van der Waals surface area contributed by atoms with E-state index in [1.165, 1.54) is 24.3 Å². The van der Waals surface area contributed by atoms with Crippen LogP contribution in [-0.4, -0.2) is 12.5 Å². The van der Waals surface area contributed by atoms with Crippen molar-refractivity contribution in [2.24, 2.45) is 0 Å². The van der Waals surface area contributed by atoms with Crippen LogP contribution in [0.2, 0.25) is 0 Å². The van der Waals surface area contributed by atoms with Gasteiger partial charge in [-0.1, -0.05) is 37.6 Å². The molecule has 0 radical (unpaired) electrons. The number of para-hydroxylation sites is 2. The van der Waals surface area contributed by atoms with E-state index in [1.54, 1.807) is 18.2 Å². The maximum Gasteiger partial charge on any atom is 0.418 e. The minimum atomic E-state index is -4.54. The smallest absolute Gasteiger partial charge is 0.418 e. The van der Waals surface area contributed by atoms with Crippen LogP contribution in [0.25, 0.3) is 0 Å². The molecule has 0 aliphatic heterocycles. The number of rotatable bonds is 6. The summed E-state index contributed by atoms with van der Waals surface area (Å²) in [6.07, 6.45) is -2.78. The number of hydrogen-bond donors (Lipinski definition) is 1. The van der Waals surface area contributed by atoms with Crippen LogP contribution in [0.5, 0.6) is 5.75 Å². The summed E-state index contributed by atoms with van der Waals surface area (Å²) < 4.78 is 44.6. The summed E-state index contributed by atoms with van der Waals surface area (Å²) in [5.74, 6) is -0.285. The van der Waals surface area contributed by atoms with Crippen LogP contribution in [0, 0.1) is 0 Å². The second kappa shape index (κ2) is 7.86. The Bertz CT molecular complexity index is 699. The molecule has 0 aliphatic rings. The van der Waals surface area contributed by atoms with Crippen LogP contribution in [0.1, 0.15) is 35.7 Å². The Balaban J connectivity index is 2.22. The lowest BCUT2D eigenvalue weighted by atomic mass is 10.1. The minimum absolute atomic E-state index is 0.200. The van der Waals surface area contributed by atoms with E-state index in [-0.39, 0.29) is 11.3 Å². The molecule has 2 rings (SSSR count). The monoisotopic (exact) mass is 337 g/mol. The predicted octanol–water partition coefficient (Wildman–Crippen LogP) is 5.14. The number of nitrogens with one attached hydrogen (secondary N) is 1. The second-order valence-corrected chi connectivity index (χ2v) is 5.20. The van der Waals surface area contributed by atoms with E-state index in [4.69, 9.17) is 4.74 Å². The van der Waals surface area contributed by atoms with Crippen LogP contribution in [0.4, 0.5) is 18.9 Å². The summed E-state index contributed by atoms with van der Waals surface area (Å²) in [6, 6.07) is 11.4. The van der Waals surface area contributed by atoms with E-state index in [0.717, 1.165) is 18.9 Å².